The van der Waals surface area contributed by atoms with Crippen LogP contribution in [0, 0.1) is 30.7 Å². The van der Waals surface area contributed by atoms with Gasteiger partial charge < -0.3 is 15.2 Å². The first-order valence-corrected chi connectivity index (χ1v) is 13.6. The smallest absolute Gasteiger partial charge is 0.0873 e. The van der Waals surface area contributed by atoms with E-state index in [4.69, 9.17) is 9.97 Å². The van der Waals surface area contributed by atoms with E-state index in [1.54, 1.807) is 0 Å². The molecule has 5 heteroatoms. The summed E-state index contributed by atoms with van der Waals surface area (Å²) in [6.45, 7) is 16.0. The Kier molecular flexibility index (Phi) is 12.0. The van der Waals surface area contributed by atoms with Gasteiger partial charge in [0.2, 0.25) is 0 Å². The molecule has 2 unspecified atom stereocenters. The van der Waals surface area contributed by atoms with Crippen molar-refractivity contribution in [2.75, 3.05) is 0 Å². The van der Waals surface area contributed by atoms with Crippen LogP contribution in [0.25, 0.3) is 33.8 Å². The summed E-state index contributed by atoms with van der Waals surface area (Å²) in [6.07, 6.45) is 1.41. The first-order chi connectivity index (χ1) is 18.3. The van der Waals surface area contributed by atoms with Crippen molar-refractivity contribution in [1.29, 1.82) is 0 Å². The standard InChI is InChI=1S/C24H19N2.C11H24O2.Ir/c1-17-8-6-12-20(14-17)23-24(21-13-7-9-18(2)15-21)26-22(16-25-23)19-10-4-3-5-11-19;1-10(2,3)8(12)7-9(13)11(4,5)6;/h3-11,13-16H,1-2H3;8-9,12-13H,7H2,1-6H3;/q-1;;. The fourth-order valence-electron chi connectivity index (χ4n) is 3.96. The van der Waals surface area contributed by atoms with E-state index in [2.05, 4.69) is 62.4 Å². The average molecular weight is 716 g/mol. The molecule has 0 saturated carbocycles. The molecule has 0 fully saturated rings. The van der Waals surface area contributed by atoms with Crippen LogP contribution in [0.1, 0.15) is 59.1 Å². The average Bonchev–Trinajstić information content (AvgIpc) is 2.88. The third-order valence-electron chi connectivity index (χ3n) is 6.79. The van der Waals surface area contributed by atoms with E-state index in [1.165, 1.54) is 11.1 Å². The minimum Gasteiger partial charge on any atom is -0.392 e. The Morgan fingerprint density at radius 1 is 0.725 bits per heavy atom. The van der Waals surface area contributed by atoms with Crippen LogP contribution >= 0.6 is 0 Å². The molecule has 0 aliphatic carbocycles. The summed E-state index contributed by atoms with van der Waals surface area (Å²) in [7, 11) is 0. The first kappa shape index (κ1) is 33.5. The maximum absolute atomic E-state index is 9.76. The van der Waals surface area contributed by atoms with Crippen molar-refractivity contribution in [3.63, 3.8) is 0 Å². The normalized spacial score (nSPS) is 12.9. The SMILES string of the molecule is CC(C)(C)C(O)CC(O)C(C)(C)C.Cc1cc[c-]c(-c2ncc(-c3ccccc3)nc2-c2cccc(C)c2)c1.[Ir]. The molecule has 1 aromatic heterocycles. The van der Waals surface area contributed by atoms with Crippen LogP contribution in [0.3, 0.4) is 0 Å². The van der Waals surface area contributed by atoms with E-state index < -0.39 is 12.2 Å². The van der Waals surface area contributed by atoms with Gasteiger partial charge in [-0.2, -0.15) is 0 Å². The maximum Gasteiger partial charge on any atom is 0.0873 e. The van der Waals surface area contributed by atoms with Gasteiger partial charge in [-0.3, -0.25) is 4.98 Å². The predicted molar refractivity (Wildman–Crippen MR) is 162 cm³/mol. The second-order valence-corrected chi connectivity index (χ2v) is 12.5. The summed E-state index contributed by atoms with van der Waals surface area (Å²) in [5.41, 5.74) is 7.81. The van der Waals surface area contributed by atoms with E-state index in [0.29, 0.717) is 6.42 Å². The van der Waals surface area contributed by atoms with Crippen molar-refractivity contribution < 1.29 is 30.3 Å². The molecular formula is C35H43IrN2O2-. The van der Waals surface area contributed by atoms with Crippen LogP contribution in [0.4, 0.5) is 0 Å². The van der Waals surface area contributed by atoms with Gasteiger partial charge in [-0.1, -0.05) is 109 Å². The second-order valence-electron chi connectivity index (χ2n) is 12.5. The summed E-state index contributed by atoms with van der Waals surface area (Å²) in [5, 5.41) is 19.5. The number of aryl methyl sites for hydroxylation is 2. The van der Waals surface area contributed by atoms with Crippen LogP contribution < -0.4 is 0 Å². The molecule has 40 heavy (non-hydrogen) atoms. The Hall–Kier alpha value is -2.69. The number of benzene rings is 3. The molecule has 4 nitrogen and oxygen atoms in total. The molecule has 4 rings (SSSR count). The molecule has 3 aromatic carbocycles. The molecule has 0 amide bonds. The molecule has 215 valence electrons. The van der Waals surface area contributed by atoms with Gasteiger partial charge in [0.05, 0.1) is 23.6 Å². The molecule has 0 spiro atoms. The number of rotatable bonds is 5. The van der Waals surface area contributed by atoms with Gasteiger partial charge >= 0.3 is 0 Å². The quantitative estimate of drug-likeness (QED) is 0.205. The zero-order chi connectivity index (χ0) is 28.8. The third-order valence-corrected chi connectivity index (χ3v) is 6.79. The summed E-state index contributed by atoms with van der Waals surface area (Å²) in [4.78, 5) is 9.76. The van der Waals surface area contributed by atoms with Gasteiger partial charge in [0, 0.05) is 44.0 Å². The number of nitrogens with zero attached hydrogens (tertiary/aromatic N) is 2. The van der Waals surface area contributed by atoms with Crippen LogP contribution in [0.5, 0.6) is 0 Å². The molecule has 0 saturated heterocycles. The van der Waals surface area contributed by atoms with Gasteiger partial charge in [-0.15, -0.1) is 35.4 Å². The number of aromatic nitrogens is 2. The van der Waals surface area contributed by atoms with Crippen LogP contribution in [0.15, 0.2) is 79.0 Å². The van der Waals surface area contributed by atoms with Crippen molar-refractivity contribution >= 4 is 0 Å². The predicted octanol–water partition coefficient (Wildman–Crippen LogP) is 8.08. The molecule has 0 aliphatic heterocycles. The van der Waals surface area contributed by atoms with E-state index in [0.717, 1.165) is 33.8 Å². The summed E-state index contributed by atoms with van der Waals surface area (Å²) >= 11 is 0. The second kappa shape index (κ2) is 14.3. The zero-order valence-electron chi connectivity index (χ0n) is 25.0. The topological polar surface area (TPSA) is 66.2 Å². The van der Waals surface area contributed by atoms with Crippen molar-refractivity contribution in [3.8, 4) is 33.8 Å². The van der Waals surface area contributed by atoms with E-state index >= 15 is 0 Å². The van der Waals surface area contributed by atoms with Crippen molar-refractivity contribution in [3.05, 3.63) is 96.2 Å². The number of aliphatic hydroxyl groups excluding tert-OH is 2. The molecule has 2 N–H and O–H groups in total. The molecule has 1 radical (unpaired) electrons. The Balaban J connectivity index is 0.000000344. The van der Waals surface area contributed by atoms with Crippen molar-refractivity contribution in [1.82, 2.24) is 9.97 Å². The molecule has 0 bridgehead atoms. The fourth-order valence-corrected chi connectivity index (χ4v) is 3.96. The number of hydrogen-bond donors (Lipinski definition) is 2. The van der Waals surface area contributed by atoms with Crippen LogP contribution in [0.2, 0.25) is 0 Å². The molecule has 0 aliphatic rings. The van der Waals surface area contributed by atoms with Crippen LogP contribution in [-0.4, -0.2) is 32.4 Å². The number of hydrogen-bond acceptors (Lipinski definition) is 4. The molecular weight excluding hydrogens is 673 g/mol. The van der Waals surface area contributed by atoms with Gasteiger partial charge in [-0.25, -0.2) is 0 Å². The molecule has 4 aromatic rings. The maximum atomic E-state index is 9.76. The van der Waals surface area contributed by atoms with E-state index in [-0.39, 0.29) is 30.9 Å². The van der Waals surface area contributed by atoms with Gasteiger partial charge in [0.25, 0.3) is 0 Å². The van der Waals surface area contributed by atoms with E-state index in [9.17, 15) is 10.2 Å². The first-order valence-electron chi connectivity index (χ1n) is 13.6. The summed E-state index contributed by atoms with van der Waals surface area (Å²) in [6, 6.07) is 28.0. The van der Waals surface area contributed by atoms with Crippen molar-refractivity contribution in [2.24, 2.45) is 10.8 Å². The van der Waals surface area contributed by atoms with Gasteiger partial charge in [0.1, 0.15) is 0 Å². The Morgan fingerprint density at radius 3 is 1.85 bits per heavy atom. The minimum atomic E-state index is -0.443. The fraction of sp³-hybridized carbons (Fsp3) is 0.371. The minimum absolute atomic E-state index is 0. The summed E-state index contributed by atoms with van der Waals surface area (Å²) in [5.74, 6) is 0. The monoisotopic (exact) mass is 716 g/mol. The zero-order valence-corrected chi connectivity index (χ0v) is 27.4. The van der Waals surface area contributed by atoms with Gasteiger partial charge in [-0.05, 0) is 23.3 Å². The van der Waals surface area contributed by atoms with Crippen molar-refractivity contribution in [2.45, 2.75) is 74.0 Å². The molecule has 1 heterocycles. The summed E-state index contributed by atoms with van der Waals surface area (Å²) < 4.78 is 0. The van der Waals surface area contributed by atoms with Gasteiger partial charge in [0.15, 0.2) is 0 Å². The largest absolute Gasteiger partial charge is 0.392 e. The Labute approximate surface area is 254 Å². The Morgan fingerprint density at radius 2 is 1.30 bits per heavy atom. The van der Waals surface area contributed by atoms with Crippen LogP contribution in [-0.2, 0) is 20.1 Å². The van der Waals surface area contributed by atoms with E-state index in [1.807, 2.05) is 78.1 Å². The molecule has 2 atom stereocenters. The Bertz CT molecular complexity index is 1340. The third kappa shape index (κ3) is 9.45. The number of aliphatic hydroxyl groups is 2.